The lowest BCUT2D eigenvalue weighted by Crippen LogP contribution is -2.44. The summed E-state index contributed by atoms with van der Waals surface area (Å²) in [4.78, 5) is 0. The topological polar surface area (TPSA) is 12.0 Å². The van der Waals surface area contributed by atoms with Gasteiger partial charge in [0, 0.05) is 5.92 Å². The average Bonchev–Trinajstić information content (AvgIpc) is 2.56. The Labute approximate surface area is 93.6 Å². The SMILES string of the molecule is CNCCCCC1CCCC1(F)C(F)(F)F. The monoisotopic (exact) mass is 241 g/mol. The van der Waals surface area contributed by atoms with Crippen LogP contribution in [0.25, 0.3) is 0 Å². The molecule has 0 spiro atoms. The molecule has 1 nitrogen and oxygen atoms in total. The van der Waals surface area contributed by atoms with Gasteiger partial charge in [-0.25, -0.2) is 4.39 Å². The van der Waals surface area contributed by atoms with Gasteiger partial charge in [-0.05, 0) is 45.7 Å². The Balaban J connectivity index is 2.46. The third-order valence-corrected chi connectivity index (χ3v) is 3.44. The lowest BCUT2D eigenvalue weighted by molar-refractivity contribution is -0.242. The maximum atomic E-state index is 13.9. The molecule has 1 fully saturated rings. The normalized spacial score (nSPS) is 30.9. The van der Waals surface area contributed by atoms with Gasteiger partial charge in [-0.2, -0.15) is 13.2 Å². The third-order valence-electron chi connectivity index (χ3n) is 3.44. The first-order valence-corrected chi connectivity index (χ1v) is 5.82. The smallest absolute Gasteiger partial charge is 0.320 e. The molecular formula is C11H19F4N. The van der Waals surface area contributed by atoms with Crippen LogP contribution in [0.15, 0.2) is 0 Å². The highest BCUT2D eigenvalue weighted by Crippen LogP contribution is 2.51. The molecule has 0 aromatic rings. The van der Waals surface area contributed by atoms with Gasteiger partial charge in [-0.15, -0.1) is 0 Å². The second-order valence-electron chi connectivity index (χ2n) is 4.55. The molecule has 1 aliphatic rings. The van der Waals surface area contributed by atoms with Crippen LogP contribution in [0.3, 0.4) is 0 Å². The fraction of sp³-hybridized carbons (Fsp3) is 1.00. The summed E-state index contributed by atoms with van der Waals surface area (Å²) in [6.07, 6.45) is -2.52. The van der Waals surface area contributed by atoms with Gasteiger partial charge < -0.3 is 5.32 Å². The van der Waals surface area contributed by atoms with Crippen LogP contribution < -0.4 is 5.32 Å². The Morgan fingerprint density at radius 3 is 2.56 bits per heavy atom. The molecule has 1 N–H and O–H groups in total. The van der Waals surface area contributed by atoms with Crippen molar-refractivity contribution >= 4 is 0 Å². The van der Waals surface area contributed by atoms with Crippen LogP contribution in [0.5, 0.6) is 0 Å². The van der Waals surface area contributed by atoms with Gasteiger partial charge in [0.15, 0.2) is 0 Å². The van der Waals surface area contributed by atoms with Crippen LogP contribution >= 0.6 is 0 Å². The predicted molar refractivity (Wildman–Crippen MR) is 55.0 cm³/mol. The van der Waals surface area contributed by atoms with E-state index < -0.39 is 17.8 Å². The lowest BCUT2D eigenvalue weighted by Gasteiger charge is -2.29. The van der Waals surface area contributed by atoms with Crippen molar-refractivity contribution in [1.29, 1.82) is 0 Å². The third kappa shape index (κ3) is 2.87. The van der Waals surface area contributed by atoms with Gasteiger partial charge in [0.25, 0.3) is 0 Å². The highest BCUT2D eigenvalue weighted by molar-refractivity contribution is 4.98. The molecular weight excluding hydrogens is 222 g/mol. The van der Waals surface area contributed by atoms with E-state index in [2.05, 4.69) is 5.32 Å². The van der Waals surface area contributed by atoms with Gasteiger partial charge in [-0.1, -0.05) is 6.42 Å². The highest BCUT2D eigenvalue weighted by Gasteiger charge is 2.61. The Bertz CT molecular complexity index is 217. The summed E-state index contributed by atoms with van der Waals surface area (Å²) in [5.41, 5.74) is -2.92. The molecule has 0 radical (unpaired) electrons. The van der Waals surface area contributed by atoms with Crippen LogP contribution in [-0.2, 0) is 0 Å². The zero-order valence-electron chi connectivity index (χ0n) is 9.54. The number of halogens is 4. The molecule has 0 aliphatic heterocycles. The van der Waals surface area contributed by atoms with Crippen LogP contribution in [0.1, 0.15) is 38.5 Å². The van der Waals surface area contributed by atoms with Crippen molar-refractivity contribution in [2.24, 2.45) is 5.92 Å². The lowest BCUT2D eigenvalue weighted by atomic mass is 9.87. The van der Waals surface area contributed by atoms with Crippen molar-refractivity contribution < 1.29 is 17.6 Å². The molecule has 0 amide bonds. The second kappa shape index (κ2) is 5.34. The molecule has 0 aromatic heterocycles. The number of hydrogen-bond donors (Lipinski definition) is 1. The first-order valence-electron chi connectivity index (χ1n) is 5.82. The van der Waals surface area contributed by atoms with E-state index in [-0.39, 0.29) is 6.42 Å². The molecule has 1 aliphatic carbocycles. The number of rotatable bonds is 5. The van der Waals surface area contributed by atoms with Crippen molar-refractivity contribution in [2.45, 2.75) is 50.4 Å². The average molecular weight is 241 g/mol. The maximum absolute atomic E-state index is 13.9. The van der Waals surface area contributed by atoms with E-state index in [0.29, 0.717) is 25.7 Å². The minimum Gasteiger partial charge on any atom is -0.320 e. The summed E-state index contributed by atoms with van der Waals surface area (Å²) < 4.78 is 51.6. The van der Waals surface area contributed by atoms with Crippen LogP contribution in [-0.4, -0.2) is 25.4 Å². The predicted octanol–water partition coefficient (Wildman–Crippen LogP) is 3.45. The van der Waals surface area contributed by atoms with E-state index in [1.807, 2.05) is 0 Å². The minimum atomic E-state index is -4.70. The first-order chi connectivity index (χ1) is 7.42. The van der Waals surface area contributed by atoms with Crippen molar-refractivity contribution in [2.75, 3.05) is 13.6 Å². The molecule has 96 valence electrons. The number of alkyl halides is 4. The first kappa shape index (κ1) is 13.7. The zero-order valence-corrected chi connectivity index (χ0v) is 9.54. The highest BCUT2D eigenvalue weighted by atomic mass is 19.4. The van der Waals surface area contributed by atoms with Gasteiger partial charge in [0.05, 0.1) is 0 Å². The molecule has 5 heteroatoms. The summed E-state index contributed by atoms with van der Waals surface area (Å²) in [7, 11) is 1.80. The van der Waals surface area contributed by atoms with Crippen LogP contribution in [0, 0.1) is 5.92 Å². The molecule has 1 saturated carbocycles. The molecule has 0 heterocycles. The molecule has 2 atom stereocenters. The number of unbranched alkanes of at least 4 members (excludes halogenated alkanes) is 1. The van der Waals surface area contributed by atoms with Gasteiger partial charge in [-0.3, -0.25) is 0 Å². The van der Waals surface area contributed by atoms with Crippen LogP contribution in [0.4, 0.5) is 17.6 Å². The molecule has 1 rings (SSSR count). The number of hydrogen-bond acceptors (Lipinski definition) is 1. The fourth-order valence-corrected chi connectivity index (χ4v) is 2.48. The fourth-order valence-electron chi connectivity index (χ4n) is 2.48. The van der Waals surface area contributed by atoms with Crippen molar-refractivity contribution in [3.63, 3.8) is 0 Å². The molecule has 0 aromatic carbocycles. The molecule has 2 unspecified atom stereocenters. The van der Waals surface area contributed by atoms with Gasteiger partial charge >= 0.3 is 6.18 Å². The van der Waals surface area contributed by atoms with E-state index >= 15 is 0 Å². The minimum absolute atomic E-state index is 0.345. The Morgan fingerprint density at radius 2 is 2.00 bits per heavy atom. The van der Waals surface area contributed by atoms with Gasteiger partial charge in [0.2, 0.25) is 5.67 Å². The molecule has 0 bridgehead atoms. The van der Waals surface area contributed by atoms with Crippen molar-refractivity contribution in [3.8, 4) is 0 Å². The molecule has 16 heavy (non-hydrogen) atoms. The Kier molecular flexibility index (Phi) is 4.59. The summed E-state index contributed by atoms with van der Waals surface area (Å²) >= 11 is 0. The second-order valence-corrected chi connectivity index (χ2v) is 4.55. The largest absolute Gasteiger partial charge is 0.422 e. The number of nitrogens with one attached hydrogen (secondary N) is 1. The Morgan fingerprint density at radius 1 is 1.31 bits per heavy atom. The maximum Gasteiger partial charge on any atom is 0.422 e. The molecule has 0 saturated heterocycles. The standard InChI is InChI=1S/C11H19F4N/c1-16-8-3-2-5-9-6-4-7-10(9,12)11(13,14)15/h9,16H,2-8H2,1H3. The van der Waals surface area contributed by atoms with E-state index in [1.165, 1.54) is 0 Å². The summed E-state index contributed by atoms with van der Waals surface area (Å²) in [6, 6.07) is 0. The van der Waals surface area contributed by atoms with Crippen LogP contribution in [0.2, 0.25) is 0 Å². The van der Waals surface area contributed by atoms with E-state index in [0.717, 1.165) is 13.0 Å². The van der Waals surface area contributed by atoms with Crippen molar-refractivity contribution in [1.82, 2.24) is 5.32 Å². The quantitative estimate of drug-likeness (QED) is 0.574. The van der Waals surface area contributed by atoms with Gasteiger partial charge in [0.1, 0.15) is 0 Å². The summed E-state index contributed by atoms with van der Waals surface area (Å²) in [5, 5.41) is 2.93. The van der Waals surface area contributed by atoms with E-state index in [9.17, 15) is 17.6 Å². The van der Waals surface area contributed by atoms with E-state index in [1.54, 1.807) is 7.05 Å². The summed E-state index contributed by atoms with van der Waals surface area (Å²) in [5.74, 6) is -0.829. The van der Waals surface area contributed by atoms with Crippen molar-refractivity contribution in [3.05, 3.63) is 0 Å². The summed E-state index contributed by atoms with van der Waals surface area (Å²) in [6.45, 7) is 0.776. The van der Waals surface area contributed by atoms with E-state index in [4.69, 9.17) is 0 Å². The zero-order chi connectivity index (χ0) is 12.2. The Hall–Kier alpha value is -0.320.